The lowest BCUT2D eigenvalue weighted by Gasteiger charge is -2.25. The lowest BCUT2D eigenvalue weighted by Crippen LogP contribution is -2.39. The van der Waals surface area contributed by atoms with Crippen molar-refractivity contribution in [2.45, 2.75) is 26.4 Å². The first-order valence-corrected chi connectivity index (χ1v) is 8.62. The lowest BCUT2D eigenvalue weighted by molar-refractivity contribution is -0.120. The molecule has 0 unspecified atom stereocenters. The molecule has 1 amide bonds. The molecule has 6 heteroatoms. The highest BCUT2D eigenvalue weighted by atomic mass is 16.5. The van der Waals surface area contributed by atoms with E-state index in [1.165, 1.54) is 0 Å². The van der Waals surface area contributed by atoms with Crippen molar-refractivity contribution in [1.82, 2.24) is 4.90 Å². The molecule has 0 saturated heterocycles. The summed E-state index contributed by atoms with van der Waals surface area (Å²) in [5.41, 5.74) is 3.36. The topological polar surface area (TPSA) is 74.6 Å². The van der Waals surface area contributed by atoms with Crippen LogP contribution >= 0.6 is 0 Å². The van der Waals surface area contributed by atoms with Crippen molar-refractivity contribution in [3.8, 4) is 17.6 Å². The number of anilines is 1. The fourth-order valence-corrected chi connectivity index (χ4v) is 2.67. The van der Waals surface area contributed by atoms with E-state index < -0.39 is 0 Å². The Morgan fingerprint density at radius 1 is 1.19 bits per heavy atom. The van der Waals surface area contributed by atoms with Crippen LogP contribution in [-0.2, 0) is 11.3 Å². The molecule has 0 aromatic heterocycles. The predicted molar refractivity (Wildman–Crippen MR) is 105 cm³/mol. The maximum absolute atomic E-state index is 12.5. The van der Waals surface area contributed by atoms with Crippen LogP contribution in [0, 0.1) is 18.3 Å². The first-order chi connectivity index (χ1) is 12.9. The Morgan fingerprint density at radius 2 is 1.78 bits per heavy atom. The van der Waals surface area contributed by atoms with Gasteiger partial charge in [-0.1, -0.05) is 0 Å². The molecule has 1 N–H and O–H groups in total. The van der Waals surface area contributed by atoms with Gasteiger partial charge in [-0.3, -0.25) is 9.69 Å². The number of nitrogens with one attached hydrogen (secondary N) is 1. The van der Waals surface area contributed by atoms with E-state index in [9.17, 15) is 4.79 Å². The van der Waals surface area contributed by atoms with Gasteiger partial charge >= 0.3 is 0 Å². The number of rotatable bonds is 7. The van der Waals surface area contributed by atoms with Crippen molar-refractivity contribution < 1.29 is 14.3 Å². The number of nitriles is 1. The predicted octanol–water partition coefficient (Wildman–Crippen LogP) is 3.34. The summed E-state index contributed by atoms with van der Waals surface area (Å²) in [5, 5.41) is 11.7. The maximum Gasteiger partial charge on any atom is 0.241 e. The van der Waals surface area contributed by atoms with E-state index in [1.54, 1.807) is 38.5 Å². The largest absolute Gasteiger partial charge is 0.493 e. The first-order valence-electron chi connectivity index (χ1n) is 8.62. The molecule has 0 fully saturated rings. The number of hydrogen-bond acceptors (Lipinski definition) is 5. The normalized spacial score (nSPS) is 11.6. The quantitative estimate of drug-likeness (QED) is 0.812. The molecular weight excluding hydrogens is 342 g/mol. The van der Waals surface area contributed by atoms with Crippen molar-refractivity contribution in [2.75, 3.05) is 26.6 Å². The van der Waals surface area contributed by atoms with Gasteiger partial charge in [0.1, 0.15) is 0 Å². The second kappa shape index (κ2) is 9.06. The van der Waals surface area contributed by atoms with Crippen molar-refractivity contribution in [3.63, 3.8) is 0 Å². The second-order valence-corrected chi connectivity index (χ2v) is 6.40. The number of hydrogen-bond donors (Lipinski definition) is 1. The van der Waals surface area contributed by atoms with E-state index in [2.05, 4.69) is 11.4 Å². The lowest BCUT2D eigenvalue weighted by atomic mass is 10.1. The van der Waals surface area contributed by atoms with Crippen LogP contribution in [0.15, 0.2) is 36.4 Å². The third-order valence-electron chi connectivity index (χ3n) is 4.58. The molecule has 0 aliphatic heterocycles. The molecule has 0 aliphatic rings. The van der Waals surface area contributed by atoms with Gasteiger partial charge in [0.25, 0.3) is 0 Å². The van der Waals surface area contributed by atoms with E-state index in [4.69, 9.17) is 14.7 Å². The van der Waals surface area contributed by atoms with Crippen molar-refractivity contribution in [1.29, 1.82) is 5.26 Å². The fourth-order valence-electron chi connectivity index (χ4n) is 2.67. The smallest absolute Gasteiger partial charge is 0.241 e. The zero-order chi connectivity index (χ0) is 20.0. The van der Waals surface area contributed by atoms with Gasteiger partial charge in [-0.05, 0) is 68.4 Å². The number of methoxy groups -OCH3 is 2. The Kier molecular flexibility index (Phi) is 6.80. The highest BCUT2D eigenvalue weighted by Crippen LogP contribution is 2.30. The average molecular weight is 367 g/mol. The summed E-state index contributed by atoms with van der Waals surface area (Å²) in [5.74, 6) is 1.24. The summed E-state index contributed by atoms with van der Waals surface area (Å²) >= 11 is 0. The summed E-state index contributed by atoms with van der Waals surface area (Å²) in [6.07, 6.45) is 0. The monoisotopic (exact) mass is 367 g/mol. The molecule has 2 aromatic rings. The zero-order valence-corrected chi connectivity index (χ0v) is 16.4. The summed E-state index contributed by atoms with van der Waals surface area (Å²) in [6, 6.07) is 12.4. The molecule has 0 aliphatic carbocycles. The van der Waals surface area contributed by atoms with E-state index in [1.807, 2.05) is 37.9 Å². The number of amides is 1. The van der Waals surface area contributed by atoms with Gasteiger partial charge in [-0.25, -0.2) is 0 Å². The van der Waals surface area contributed by atoms with E-state index >= 15 is 0 Å². The third kappa shape index (κ3) is 4.99. The highest BCUT2D eigenvalue weighted by molar-refractivity contribution is 5.94. The van der Waals surface area contributed by atoms with Gasteiger partial charge in [-0.15, -0.1) is 0 Å². The van der Waals surface area contributed by atoms with E-state index in [0.717, 1.165) is 11.1 Å². The zero-order valence-electron chi connectivity index (χ0n) is 16.4. The number of carbonyl (C=O) groups excluding carboxylic acids is 1. The third-order valence-corrected chi connectivity index (χ3v) is 4.58. The summed E-state index contributed by atoms with van der Waals surface area (Å²) in [4.78, 5) is 14.5. The number of aryl methyl sites for hydroxylation is 1. The molecule has 0 radical (unpaired) electrons. The molecule has 6 nitrogen and oxygen atoms in total. The van der Waals surface area contributed by atoms with Gasteiger partial charge in [-0.2, -0.15) is 5.26 Å². The molecular formula is C21H25N3O3. The van der Waals surface area contributed by atoms with Crippen LogP contribution in [-0.4, -0.2) is 38.1 Å². The van der Waals surface area contributed by atoms with Crippen molar-refractivity contribution in [3.05, 3.63) is 53.1 Å². The number of benzene rings is 2. The first kappa shape index (κ1) is 20.3. The van der Waals surface area contributed by atoms with Crippen LogP contribution < -0.4 is 14.8 Å². The fraction of sp³-hybridized carbons (Fsp3) is 0.333. The molecule has 142 valence electrons. The number of ether oxygens (including phenoxy) is 2. The van der Waals surface area contributed by atoms with E-state index in [-0.39, 0.29) is 11.9 Å². The minimum Gasteiger partial charge on any atom is -0.493 e. The second-order valence-electron chi connectivity index (χ2n) is 6.40. The van der Waals surface area contributed by atoms with Crippen LogP contribution in [0.3, 0.4) is 0 Å². The number of likely N-dealkylation sites (N-methyl/N-ethyl adjacent to an activating group) is 1. The van der Waals surface area contributed by atoms with Crippen LogP contribution in [0.4, 0.5) is 5.69 Å². The van der Waals surface area contributed by atoms with E-state index in [0.29, 0.717) is 29.3 Å². The Bertz CT molecular complexity index is 841. The van der Waals surface area contributed by atoms with Crippen molar-refractivity contribution in [2.24, 2.45) is 0 Å². The molecule has 0 heterocycles. The molecule has 27 heavy (non-hydrogen) atoms. The highest BCUT2D eigenvalue weighted by Gasteiger charge is 2.20. The van der Waals surface area contributed by atoms with Crippen LogP contribution in [0.25, 0.3) is 0 Å². The van der Waals surface area contributed by atoms with Gasteiger partial charge in [0.2, 0.25) is 5.91 Å². The minimum atomic E-state index is -0.340. The maximum atomic E-state index is 12.5. The van der Waals surface area contributed by atoms with Gasteiger partial charge in [0.15, 0.2) is 11.5 Å². The van der Waals surface area contributed by atoms with Gasteiger partial charge < -0.3 is 14.8 Å². The molecule has 0 spiro atoms. The summed E-state index contributed by atoms with van der Waals surface area (Å²) < 4.78 is 10.7. The van der Waals surface area contributed by atoms with Crippen LogP contribution in [0.5, 0.6) is 11.5 Å². The standard InChI is InChI=1S/C21H25N3O3/c1-14-10-19(26-4)20(27-5)11-17(14)13-24(3)15(2)21(25)23-18-8-6-16(12-22)7-9-18/h6-11,15H,13H2,1-5H3,(H,23,25)/t15-/m0/s1. The molecule has 2 aromatic carbocycles. The molecule has 1 atom stereocenters. The molecule has 0 saturated carbocycles. The Morgan fingerprint density at radius 3 is 2.33 bits per heavy atom. The minimum absolute atomic E-state index is 0.111. The summed E-state index contributed by atoms with van der Waals surface area (Å²) in [7, 11) is 5.12. The Labute approximate surface area is 160 Å². The SMILES string of the molecule is COc1cc(C)c(CN(C)[C@@H](C)C(=O)Nc2ccc(C#N)cc2)cc1OC. The molecule has 2 rings (SSSR count). The van der Waals surface area contributed by atoms with Gasteiger partial charge in [0.05, 0.1) is 31.9 Å². The van der Waals surface area contributed by atoms with Crippen LogP contribution in [0.1, 0.15) is 23.6 Å². The van der Waals surface area contributed by atoms with Crippen LogP contribution in [0.2, 0.25) is 0 Å². The van der Waals surface area contributed by atoms with Gasteiger partial charge in [0, 0.05) is 12.2 Å². The number of carbonyl (C=O) groups is 1. The average Bonchev–Trinajstić information content (AvgIpc) is 2.68. The Hall–Kier alpha value is -3.04. The number of nitrogens with zero attached hydrogens (tertiary/aromatic N) is 2. The Balaban J connectivity index is 2.07. The molecule has 0 bridgehead atoms. The summed E-state index contributed by atoms with van der Waals surface area (Å²) in [6.45, 7) is 4.45. The van der Waals surface area contributed by atoms with Crippen molar-refractivity contribution >= 4 is 11.6 Å².